The number of halogens is 1. The van der Waals surface area contributed by atoms with E-state index in [4.69, 9.17) is 9.47 Å². The van der Waals surface area contributed by atoms with Crippen molar-refractivity contribution in [3.63, 3.8) is 0 Å². The molecular formula is C21H20FN3O4. The molecule has 29 heavy (non-hydrogen) atoms. The molecule has 1 aliphatic carbocycles. The summed E-state index contributed by atoms with van der Waals surface area (Å²) in [4.78, 5) is 29.3. The van der Waals surface area contributed by atoms with E-state index in [2.05, 4.69) is 10.3 Å². The Balaban J connectivity index is 1.55. The lowest BCUT2D eigenvalue weighted by Crippen LogP contribution is -2.34. The number of hydrogen-bond acceptors (Lipinski definition) is 5. The zero-order valence-corrected chi connectivity index (χ0v) is 16.1. The first-order valence-corrected chi connectivity index (χ1v) is 9.19. The Hall–Kier alpha value is -3.42. The minimum atomic E-state index is -0.523. The molecule has 0 spiro atoms. The van der Waals surface area contributed by atoms with E-state index >= 15 is 0 Å². The molecule has 1 N–H and O–H groups in total. The van der Waals surface area contributed by atoms with Gasteiger partial charge in [-0.2, -0.15) is 0 Å². The minimum absolute atomic E-state index is 0.142. The molecule has 0 saturated carbocycles. The summed E-state index contributed by atoms with van der Waals surface area (Å²) in [5.41, 5.74) is 1.92. The zero-order chi connectivity index (χ0) is 20.5. The molecule has 3 aromatic rings. The van der Waals surface area contributed by atoms with Gasteiger partial charge in [0.25, 0.3) is 5.56 Å². The van der Waals surface area contributed by atoms with Gasteiger partial charge in [-0.25, -0.2) is 9.37 Å². The van der Waals surface area contributed by atoms with Crippen LogP contribution in [0.5, 0.6) is 11.5 Å². The second-order valence-corrected chi connectivity index (χ2v) is 6.87. The van der Waals surface area contributed by atoms with Crippen molar-refractivity contribution in [2.24, 2.45) is 0 Å². The van der Waals surface area contributed by atoms with Crippen molar-refractivity contribution in [2.75, 3.05) is 14.2 Å². The lowest BCUT2D eigenvalue weighted by atomic mass is 10.1. The highest BCUT2D eigenvalue weighted by Crippen LogP contribution is 2.42. The van der Waals surface area contributed by atoms with Crippen LogP contribution in [0.3, 0.4) is 0 Å². The van der Waals surface area contributed by atoms with Gasteiger partial charge in [0.2, 0.25) is 5.91 Å². The molecule has 1 amide bonds. The fourth-order valence-electron chi connectivity index (χ4n) is 3.82. The predicted molar refractivity (Wildman–Crippen MR) is 105 cm³/mol. The van der Waals surface area contributed by atoms with E-state index in [1.165, 1.54) is 23.0 Å². The maximum atomic E-state index is 13.5. The van der Waals surface area contributed by atoms with Crippen LogP contribution in [-0.4, -0.2) is 29.7 Å². The summed E-state index contributed by atoms with van der Waals surface area (Å²) >= 11 is 0. The average Bonchev–Trinajstić information content (AvgIpc) is 3.12. The molecule has 0 radical (unpaired) electrons. The Kier molecular flexibility index (Phi) is 4.92. The summed E-state index contributed by atoms with van der Waals surface area (Å²) in [7, 11) is 3.17. The molecule has 1 heterocycles. The molecular weight excluding hydrogens is 377 g/mol. The number of fused-ring (bicyclic) bond motifs is 2. The lowest BCUT2D eigenvalue weighted by Gasteiger charge is -2.17. The fraction of sp³-hybridized carbons (Fsp3) is 0.286. The third-order valence-corrected chi connectivity index (χ3v) is 5.18. The van der Waals surface area contributed by atoms with Crippen molar-refractivity contribution in [3.8, 4) is 11.5 Å². The van der Waals surface area contributed by atoms with Crippen molar-refractivity contribution in [2.45, 2.75) is 25.4 Å². The number of rotatable bonds is 5. The molecule has 2 aromatic carbocycles. The Morgan fingerprint density at radius 1 is 1.28 bits per heavy atom. The Morgan fingerprint density at radius 3 is 2.86 bits per heavy atom. The van der Waals surface area contributed by atoms with Crippen molar-refractivity contribution in [1.82, 2.24) is 14.9 Å². The van der Waals surface area contributed by atoms with Crippen LogP contribution in [0, 0.1) is 5.82 Å². The standard InChI is InChI=1S/C21H20FN3O4/c1-28-18-8-5-13-14(20(18)29-2)4-7-17(13)24-19(26)10-25-11-23-16-6-3-12(22)9-15(16)21(25)27/h3,5-6,8-9,11,17H,4,7,10H2,1-2H3,(H,24,26). The Bertz CT molecular complexity index is 1160. The topological polar surface area (TPSA) is 82.4 Å². The maximum absolute atomic E-state index is 13.5. The van der Waals surface area contributed by atoms with E-state index in [9.17, 15) is 14.0 Å². The molecule has 1 aliphatic rings. The van der Waals surface area contributed by atoms with Crippen LogP contribution in [0.4, 0.5) is 4.39 Å². The third-order valence-electron chi connectivity index (χ3n) is 5.18. The van der Waals surface area contributed by atoms with Gasteiger partial charge in [-0.15, -0.1) is 0 Å². The summed E-state index contributed by atoms with van der Waals surface area (Å²) < 4.78 is 25.4. The second-order valence-electron chi connectivity index (χ2n) is 6.87. The van der Waals surface area contributed by atoms with Gasteiger partial charge < -0.3 is 14.8 Å². The van der Waals surface area contributed by atoms with Crippen molar-refractivity contribution < 1.29 is 18.7 Å². The van der Waals surface area contributed by atoms with Crippen LogP contribution in [0.25, 0.3) is 10.9 Å². The molecule has 0 saturated heterocycles. The van der Waals surface area contributed by atoms with Gasteiger partial charge in [0, 0.05) is 5.56 Å². The average molecular weight is 397 g/mol. The zero-order valence-electron chi connectivity index (χ0n) is 16.1. The first-order chi connectivity index (χ1) is 14.0. The van der Waals surface area contributed by atoms with E-state index in [-0.39, 0.29) is 23.9 Å². The van der Waals surface area contributed by atoms with Gasteiger partial charge in [-0.1, -0.05) is 6.07 Å². The first kappa shape index (κ1) is 18.9. The van der Waals surface area contributed by atoms with Crippen molar-refractivity contribution in [3.05, 3.63) is 64.0 Å². The summed E-state index contributed by atoms with van der Waals surface area (Å²) in [5.74, 6) is 0.487. The number of benzene rings is 2. The van der Waals surface area contributed by atoms with Gasteiger partial charge in [0.15, 0.2) is 11.5 Å². The number of carbonyl (C=O) groups excluding carboxylic acids is 1. The van der Waals surface area contributed by atoms with Gasteiger partial charge in [-0.3, -0.25) is 14.2 Å². The highest BCUT2D eigenvalue weighted by Gasteiger charge is 2.28. The summed E-state index contributed by atoms with van der Waals surface area (Å²) in [6, 6.07) is 7.36. The van der Waals surface area contributed by atoms with E-state index in [0.29, 0.717) is 17.0 Å². The minimum Gasteiger partial charge on any atom is -0.493 e. The van der Waals surface area contributed by atoms with Gasteiger partial charge in [0.1, 0.15) is 12.4 Å². The summed E-state index contributed by atoms with van der Waals surface area (Å²) in [5, 5.41) is 3.10. The Labute approximate surface area is 166 Å². The number of carbonyl (C=O) groups is 1. The maximum Gasteiger partial charge on any atom is 0.261 e. The Morgan fingerprint density at radius 2 is 2.10 bits per heavy atom. The molecule has 0 fully saturated rings. The van der Waals surface area contributed by atoms with E-state index in [0.717, 1.165) is 30.0 Å². The van der Waals surface area contributed by atoms with Gasteiger partial charge in [0.05, 0.1) is 37.5 Å². The molecule has 1 unspecified atom stereocenters. The monoisotopic (exact) mass is 397 g/mol. The summed E-state index contributed by atoms with van der Waals surface area (Å²) in [6.07, 6.45) is 2.77. The molecule has 0 aliphatic heterocycles. The number of nitrogens with zero attached hydrogens (tertiary/aromatic N) is 2. The lowest BCUT2D eigenvalue weighted by molar-refractivity contribution is -0.122. The van der Waals surface area contributed by atoms with Crippen molar-refractivity contribution >= 4 is 16.8 Å². The fourth-order valence-corrected chi connectivity index (χ4v) is 3.82. The molecule has 1 atom stereocenters. The van der Waals surface area contributed by atoms with E-state index < -0.39 is 11.4 Å². The van der Waals surface area contributed by atoms with Crippen LogP contribution in [0.15, 0.2) is 41.5 Å². The van der Waals surface area contributed by atoms with Crippen LogP contribution >= 0.6 is 0 Å². The van der Waals surface area contributed by atoms with E-state index in [1.54, 1.807) is 14.2 Å². The van der Waals surface area contributed by atoms with E-state index in [1.807, 2.05) is 12.1 Å². The molecule has 0 bridgehead atoms. The predicted octanol–water partition coefficient (Wildman–Crippen LogP) is 2.36. The number of methoxy groups -OCH3 is 2. The number of amides is 1. The molecule has 8 heteroatoms. The SMILES string of the molecule is COc1ccc2c(c1OC)CCC2NC(=O)Cn1cnc2ccc(F)cc2c1=O. The van der Waals surface area contributed by atoms with Gasteiger partial charge >= 0.3 is 0 Å². The largest absolute Gasteiger partial charge is 0.493 e. The van der Waals surface area contributed by atoms with Crippen LogP contribution in [-0.2, 0) is 17.8 Å². The number of ether oxygens (including phenoxy) is 2. The quantitative estimate of drug-likeness (QED) is 0.715. The number of aromatic nitrogens is 2. The smallest absolute Gasteiger partial charge is 0.261 e. The molecule has 7 nitrogen and oxygen atoms in total. The van der Waals surface area contributed by atoms with Crippen molar-refractivity contribution in [1.29, 1.82) is 0 Å². The normalized spacial score (nSPS) is 15.2. The molecule has 1 aromatic heterocycles. The number of hydrogen-bond donors (Lipinski definition) is 1. The number of nitrogens with one attached hydrogen (secondary N) is 1. The first-order valence-electron chi connectivity index (χ1n) is 9.19. The van der Waals surface area contributed by atoms with Crippen LogP contribution in [0.1, 0.15) is 23.6 Å². The highest BCUT2D eigenvalue weighted by atomic mass is 19.1. The van der Waals surface area contributed by atoms with Crippen LogP contribution < -0.4 is 20.3 Å². The second kappa shape index (κ2) is 7.54. The summed E-state index contributed by atoms with van der Waals surface area (Å²) in [6.45, 7) is -0.197. The van der Waals surface area contributed by atoms with Gasteiger partial charge in [-0.05, 0) is 42.7 Å². The highest BCUT2D eigenvalue weighted by molar-refractivity contribution is 5.79. The molecule has 4 rings (SSSR count). The van der Waals surface area contributed by atoms with Crippen LogP contribution in [0.2, 0.25) is 0 Å². The third kappa shape index (κ3) is 3.41. The molecule has 150 valence electrons.